The van der Waals surface area contributed by atoms with Crippen LogP contribution in [0, 0.1) is 10.1 Å². The van der Waals surface area contributed by atoms with E-state index in [-0.39, 0.29) is 30.6 Å². The molecule has 3 aromatic rings. The van der Waals surface area contributed by atoms with Gasteiger partial charge in [-0.05, 0) is 48.2 Å². The molecule has 9 nitrogen and oxygen atoms in total. The van der Waals surface area contributed by atoms with E-state index in [1.807, 2.05) is 48.5 Å². The molecule has 182 valence electrons. The highest BCUT2D eigenvalue weighted by atomic mass is 16.7. The number of nitro groups is 1. The van der Waals surface area contributed by atoms with E-state index in [1.165, 1.54) is 6.07 Å². The first-order valence-electron chi connectivity index (χ1n) is 11.6. The minimum absolute atomic E-state index is 0.00643. The first-order valence-corrected chi connectivity index (χ1v) is 11.6. The van der Waals surface area contributed by atoms with Gasteiger partial charge < -0.3 is 24.8 Å². The molecule has 6 rings (SSSR count). The molecule has 0 bridgehead atoms. The second-order valence-corrected chi connectivity index (χ2v) is 8.97. The molecule has 2 aliphatic heterocycles. The van der Waals surface area contributed by atoms with Gasteiger partial charge in [-0.2, -0.15) is 0 Å². The zero-order valence-corrected chi connectivity index (χ0v) is 19.4. The Morgan fingerprint density at radius 1 is 1.00 bits per heavy atom. The SMILES string of the molecule is COc1cccc([C@@H]2CC(=O)C3=C(C2)Nc2ccccc2N[C@H]3c2cc3c(cc2[N+](=O)[O-])OCO3)c1. The topological polar surface area (TPSA) is 112 Å². The number of Topliss-reactive ketones (excluding diaryl/α,β-unsaturated/α-hetero) is 1. The van der Waals surface area contributed by atoms with Gasteiger partial charge in [0.2, 0.25) is 6.79 Å². The van der Waals surface area contributed by atoms with Crippen LogP contribution in [0.15, 0.2) is 71.9 Å². The number of allylic oxidation sites excluding steroid dienone is 1. The number of para-hydroxylation sites is 2. The Balaban J connectivity index is 1.50. The highest BCUT2D eigenvalue weighted by Crippen LogP contribution is 2.48. The predicted octanol–water partition coefficient (Wildman–Crippen LogP) is 5.31. The van der Waals surface area contributed by atoms with Crippen LogP contribution < -0.4 is 24.8 Å². The van der Waals surface area contributed by atoms with Gasteiger partial charge >= 0.3 is 0 Å². The highest BCUT2D eigenvalue weighted by molar-refractivity contribution is 6.01. The molecule has 0 saturated heterocycles. The molecule has 1 aliphatic carbocycles. The Morgan fingerprint density at radius 3 is 2.56 bits per heavy atom. The van der Waals surface area contributed by atoms with Gasteiger partial charge in [-0.3, -0.25) is 14.9 Å². The number of fused-ring (bicyclic) bond motifs is 2. The zero-order valence-electron chi connectivity index (χ0n) is 19.4. The third kappa shape index (κ3) is 3.69. The Hall–Kier alpha value is -4.53. The fraction of sp³-hybridized carbons (Fsp3) is 0.222. The van der Waals surface area contributed by atoms with Crippen molar-refractivity contribution >= 4 is 22.8 Å². The molecule has 36 heavy (non-hydrogen) atoms. The predicted molar refractivity (Wildman–Crippen MR) is 133 cm³/mol. The number of ketones is 1. The fourth-order valence-corrected chi connectivity index (χ4v) is 5.19. The maximum absolute atomic E-state index is 13.8. The number of hydrogen-bond donors (Lipinski definition) is 2. The largest absolute Gasteiger partial charge is 0.497 e. The number of nitrogens with one attached hydrogen (secondary N) is 2. The van der Waals surface area contributed by atoms with E-state index in [2.05, 4.69) is 10.6 Å². The number of carbonyl (C=O) groups excluding carboxylic acids is 1. The van der Waals surface area contributed by atoms with Gasteiger partial charge in [-0.25, -0.2) is 0 Å². The molecule has 2 atom stereocenters. The van der Waals surface area contributed by atoms with Gasteiger partial charge in [0.1, 0.15) is 5.75 Å². The normalized spacial score (nSPS) is 20.0. The molecule has 2 N–H and O–H groups in total. The van der Waals surface area contributed by atoms with Crippen molar-refractivity contribution in [1.82, 2.24) is 0 Å². The molecule has 0 amide bonds. The number of methoxy groups -OCH3 is 1. The summed E-state index contributed by atoms with van der Waals surface area (Å²) in [6, 6.07) is 17.6. The zero-order chi connectivity index (χ0) is 24.8. The molecule has 3 aliphatic rings. The van der Waals surface area contributed by atoms with Gasteiger partial charge in [-0.1, -0.05) is 24.3 Å². The van der Waals surface area contributed by atoms with Gasteiger partial charge in [0.15, 0.2) is 17.3 Å². The third-order valence-corrected chi connectivity index (χ3v) is 6.90. The monoisotopic (exact) mass is 485 g/mol. The van der Waals surface area contributed by atoms with Crippen molar-refractivity contribution in [2.24, 2.45) is 0 Å². The van der Waals surface area contributed by atoms with Crippen molar-refractivity contribution in [2.75, 3.05) is 24.5 Å². The number of nitrogens with zero attached hydrogens (tertiary/aromatic N) is 1. The van der Waals surface area contributed by atoms with E-state index in [0.717, 1.165) is 28.4 Å². The summed E-state index contributed by atoms with van der Waals surface area (Å²) in [6.07, 6.45) is 0.847. The van der Waals surface area contributed by atoms with Crippen LogP contribution in [0.3, 0.4) is 0 Å². The van der Waals surface area contributed by atoms with E-state index in [0.29, 0.717) is 29.1 Å². The number of anilines is 2. The van der Waals surface area contributed by atoms with Crippen molar-refractivity contribution in [3.8, 4) is 17.2 Å². The highest BCUT2D eigenvalue weighted by Gasteiger charge is 2.39. The maximum atomic E-state index is 13.8. The molecule has 0 unspecified atom stereocenters. The number of hydrogen-bond acceptors (Lipinski definition) is 8. The average Bonchev–Trinajstić information content (AvgIpc) is 3.28. The molecule has 0 spiro atoms. The summed E-state index contributed by atoms with van der Waals surface area (Å²) in [7, 11) is 1.62. The van der Waals surface area contributed by atoms with Crippen LogP contribution in [-0.4, -0.2) is 24.6 Å². The molecular weight excluding hydrogens is 462 g/mol. The van der Waals surface area contributed by atoms with Gasteiger partial charge in [0.25, 0.3) is 5.69 Å². The second kappa shape index (κ2) is 8.60. The molecule has 0 aromatic heterocycles. The van der Waals surface area contributed by atoms with Crippen LogP contribution in [0.4, 0.5) is 17.1 Å². The van der Waals surface area contributed by atoms with Crippen LogP contribution in [-0.2, 0) is 4.79 Å². The fourth-order valence-electron chi connectivity index (χ4n) is 5.19. The van der Waals surface area contributed by atoms with Gasteiger partial charge in [0.05, 0.1) is 41.1 Å². The molecular formula is C27H23N3O6. The minimum atomic E-state index is -0.746. The number of ether oxygens (including phenoxy) is 3. The van der Waals surface area contributed by atoms with E-state index in [4.69, 9.17) is 14.2 Å². The summed E-state index contributed by atoms with van der Waals surface area (Å²) >= 11 is 0. The Morgan fingerprint density at radius 2 is 1.78 bits per heavy atom. The molecule has 3 aromatic carbocycles. The number of carbonyl (C=O) groups is 1. The second-order valence-electron chi connectivity index (χ2n) is 8.97. The van der Waals surface area contributed by atoms with E-state index in [9.17, 15) is 14.9 Å². The third-order valence-electron chi connectivity index (χ3n) is 6.90. The first-order chi connectivity index (χ1) is 17.5. The summed E-state index contributed by atoms with van der Waals surface area (Å²) in [4.78, 5) is 25.4. The Bertz CT molecular complexity index is 1430. The number of rotatable bonds is 4. The van der Waals surface area contributed by atoms with E-state index < -0.39 is 11.0 Å². The Labute approximate surface area is 206 Å². The van der Waals surface area contributed by atoms with Crippen LogP contribution in [0.5, 0.6) is 17.2 Å². The molecule has 0 fully saturated rings. The summed E-state index contributed by atoms with van der Waals surface area (Å²) in [5.41, 5.74) is 4.01. The minimum Gasteiger partial charge on any atom is -0.497 e. The lowest BCUT2D eigenvalue weighted by Crippen LogP contribution is -2.27. The standard InChI is InChI=1S/C27H23N3O6/c1-34-17-6-4-5-15(9-17)16-10-21-26(23(31)11-16)27(29-20-8-3-2-7-19(20)28-21)18-12-24-25(36-14-35-24)13-22(18)30(32)33/h2-9,12-13,16,27-29H,10-11,14H2,1H3/t16-,27-/m0/s1. The lowest BCUT2D eigenvalue weighted by atomic mass is 9.78. The average molecular weight is 485 g/mol. The Kier molecular flexibility index (Phi) is 5.25. The summed E-state index contributed by atoms with van der Waals surface area (Å²) in [5, 5.41) is 19.0. The lowest BCUT2D eigenvalue weighted by Gasteiger charge is -2.30. The van der Waals surface area contributed by atoms with Crippen molar-refractivity contribution < 1.29 is 23.9 Å². The number of nitro benzene ring substituents is 1. The van der Waals surface area contributed by atoms with E-state index >= 15 is 0 Å². The van der Waals surface area contributed by atoms with Crippen molar-refractivity contribution in [3.63, 3.8) is 0 Å². The molecule has 2 heterocycles. The van der Waals surface area contributed by atoms with Crippen molar-refractivity contribution in [2.45, 2.75) is 24.8 Å². The van der Waals surface area contributed by atoms with Gasteiger partial charge in [0, 0.05) is 17.7 Å². The maximum Gasteiger partial charge on any atom is 0.279 e. The van der Waals surface area contributed by atoms with Crippen molar-refractivity contribution in [3.05, 3.63) is 93.2 Å². The van der Waals surface area contributed by atoms with Crippen molar-refractivity contribution in [1.29, 1.82) is 0 Å². The quantitative estimate of drug-likeness (QED) is 0.378. The lowest BCUT2D eigenvalue weighted by molar-refractivity contribution is -0.385. The smallest absolute Gasteiger partial charge is 0.279 e. The van der Waals surface area contributed by atoms with E-state index in [1.54, 1.807) is 13.2 Å². The molecule has 9 heteroatoms. The number of benzene rings is 3. The van der Waals surface area contributed by atoms with Crippen LogP contribution in [0.1, 0.15) is 35.9 Å². The summed E-state index contributed by atoms with van der Waals surface area (Å²) in [5.74, 6) is 1.34. The first kappa shape index (κ1) is 22.0. The van der Waals surface area contributed by atoms with Crippen LogP contribution >= 0.6 is 0 Å². The van der Waals surface area contributed by atoms with Crippen LogP contribution in [0.25, 0.3) is 0 Å². The molecule has 0 radical (unpaired) electrons. The van der Waals surface area contributed by atoms with Gasteiger partial charge in [-0.15, -0.1) is 0 Å². The molecule has 0 saturated carbocycles. The summed E-state index contributed by atoms with van der Waals surface area (Å²) < 4.78 is 16.3. The van der Waals surface area contributed by atoms with Crippen LogP contribution in [0.2, 0.25) is 0 Å². The summed E-state index contributed by atoms with van der Waals surface area (Å²) in [6.45, 7) is -0.00643.